The monoisotopic (exact) mass is 330 g/mol. The molecule has 0 atom stereocenters. The first-order valence-electron chi connectivity index (χ1n) is 8.93. The number of aliphatic hydroxyl groups is 1. The molecule has 3 N–H and O–H groups in total. The van der Waals surface area contributed by atoms with Gasteiger partial charge in [0.05, 0.1) is 5.60 Å². The van der Waals surface area contributed by atoms with Gasteiger partial charge in [-0.25, -0.2) is 0 Å². The molecule has 5 heteroatoms. The minimum Gasteiger partial charge on any atom is -0.388 e. The van der Waals surface area contributed by atoms with E-state index in [1.807, 2.05) is 12.1 Å². The Hall–Kier alpha value is -1.88. The summed E-state index contributed by atoms with van der Waals surface area (Å²) in [5.74, 6) is 0.146. The second-order valence-corrected chi connectivity index (χ2v) is 7.16. The van der Waals surface area contributed by atoms with E-state index in [1.54, 1.807) is 12.1 Å². The van der Waals surface area contributed by atoms with Crippen molar-refractivity contribution in [2.24, 2.45) is 5.92 Å². The number of hydrogen-bond donors (Lipinski definition) is 3. The molecule has 0 unspecified atom stereocenters. The Labute approximate surface area is 142 Å². The molecule has 1 aromatic carbocycles. The normalized spacial score (nSPS) is 19.5. The van der Waals surface area contributed by atoms with Crippen molar-refractivity contribution in [3.05, 3.63) is 35.4 Å². The van der Waals surface area contributed by atoms with Gasteiger partial charge in [-0.15, -0.1) is 0 Å². The van der Waals surface area contributed by atoms with E-state index in [-0.39, 0.29) is 17.7 Å². The molecule has 130 valence electrons. The van der Waals surface area contributed by atoms with Crippen molar-refractivity contribution in [3.63, 3.8) is 0 Å². The summed E-state index contributed by atoms with van der Waals surface area (Å²) in [4.78, 5) is 24.1. The average molecular weight is 330 g/mol. The van der Waals surface area contributed by atoms with Crippen LogP contribution in [0.1, 0.15) is 60.9 Å². The van der Waals surface area contributed by atoms with E-state index in [2.05, 4.69) is 10.6 Å². The molecule has 0 radical (unpaired) electrons. The smallest absolute Gasteiger partial charge is 0.251 e. The summed E-state index contributed by atoms with van der Waals surface area (Å²) in [6, 6.07) is 7.25. The summed E-state index contributed by atoms with van der Waals surface area (Å²) < 4.78 is 0. The number of benzene rings is 1. The molecule has 2 aliphatic rings. The lowest BCUT2D eigenvalue weighted by atomic mass is 9.80. The molecule has 0 saturated heterocycles. The van der Waals surface area contributed by atoms with Gasteiger partial charge in [-0.1, -0.05) is 25.0 Å². The Kier molecular flexibility index (Phi) is 5.19. The molecule has 1 aromatic rings. The van der Waals surface area contributed by atoms with E-state index in [9.17, 15) is 14.7 Å². The molecule has 2 saturated carbocycles. The van der Waals surface area contributed by atoms with Gasteiger partial charge in [0, 0.05) is 24.6 Å². The molecule has 0 bridgehead atoms. The molecule has 0 aromatic heterocycles. The van der Waals surface area contributed by atoms with Gasteiger partial charge in [0.1, 0.15) is 0 Å². The first kappa shape index (κ1) is 17.0. The van der Waals surface area contributed by atoms with E-state index in [0.717, 1.165) is 50.5 Å². The summed E-state index contributed by atoms with van der Waals surface area (Å²) in [6.45, 7) is 0.808. The molecule has 0 heterocycles. The molecule has 2 aliphatic carbocycles. The number of rotatable bonds is 6. The van der Waals surface area contributed by atoms with Gasteiger partial charge >= 0.3 is 0 Å². The standard InChI is InChI=1S/C19H26N2O3/c22-17(15-4-1-2-5-15)20-12-14-6-8-16(9-7-14)18(23)21-13-19(24)10-3-11-19/h6-9,15,24H,1-5,10-13H2,(H,20,22)(H,21,23). The fourth-order valence-electron chi connectivity index (χ4n) is 3.40. The highest BCUT2D eigenvalue weighted by atomic mass is 16.3. The van der Waals surface area contributed by atoms with Crippen molar-refractivity contribution in [2.45, 2.75) is 57.1 Å². The zero-order valence-corrected chi connectivity index (χ0v) is 14.0. The van der Waals surface area contributed by atoms with Crippen molar-refractivity contribution in [1.82, 2.24) is 10.6 Å². The number of amides is 2. The van der Waals surface area contributed by atoms with Crippen LogP contribution in [0.2, 0.25) is 0 Å². The minimum absolute atomic E-state index is 0.142. The fourth-order valence-corrected chi connectivity index (χ4v) is 3.40. The Morgan fingerprint density at radius 2 is 1.71 bits per heavy atom. The SMILES string of the molecule is O=C(NCC1(O)CCC1)c1ccc(CNC(=O)C2CCCC2)cc1. The van der Waals surface area contributed by atoms with E-state index < -0.39 is 5.60 Å². The first-order valence-corrected chi connectivity index (χ1v) is 8.93. The Balaban J connectivity index is 1.45. The molecule has 24 heavy (non-hydrogen) atoms. The van der Waals surface area contributed by atoms with Crippen LogP contribution in [-0.4, -0.2) is 29.1 Å². The summed E-state index contributed by atoms with van der Waals surface area (Å²) in [7, 11) is 0. The average Bonchev–Trinajstić information content (AvgIpc) is 3.11. The summed E-state index contributed by atoms with van der Waals surface area (Å²) in [5.41, 5.74) is 0.847. The van der Waals surface area contributed by atoms with Crippen LogP contribution in [0.25, 0.3) is 0 Å². The van der Waals surface area contributed by atoms with Gasteiger partial charge in [0.25, 0.3) is 5.91 Å². The van der Waals surface area contributed by atoms with Crippen LogP contribution in [0.15, 0.2) is 24.3 Å². The topological polar surface area (TPSA) is 78.4 Å². The van der Waals surface area contributed by atoms with Crippen LogP contribution >= 0.6 is 0 Å². The fraction of sp³-hybridized carbons (Fsp3) is 0.579. The predicted molar refractivity (Wildman–Crippen MR) is 91.4 cm³/mol. The zero-order chi connectivity index (χ0) is 17.0. The Morgan fingerprint density at radius 3 is 2.29 bits per heavy atom. The Morgan fingerprint density at radius 1 is 1.04 bits per heavy atom. The third-order valence-electron chi connectivity index (χ3n) is 5.27. The van der Waals surface area contributed by atoms with Crippen LogP contribution in [0.3, 0.4) is 0 Å². The minimum atomic E-state index is -0.708. The van der Waals surface area contributed by atoms with Gasteiger partial charge in [-0.2, -0.15) is 0 Å². The van der Waals surface area contributed by atoms with Crippen LogP contribution in [0.4, 0.5) is 0 Å². The third-order valence-corrected chi connectivity index (χ3v) is 5.27. The van der Waals surface area contributed by atoms with E-state index >= 15 is 0 Å². The maximum Gasteiger partial charge on any atom is 0.251 e. The number of carbonyl (C=O) groups is 2. The lowest BCUT2D eigenvalue weighted by molar-refractivity contribution is -0.124. The second kappa shape index (κ2) is 7.34. The molecule has 2 fully saturated rings. The van der Waals surface area contributed by atoms with Crippen molar-refractivity contribution >= 4 is 11.8 Å². The number of carbonyl (C=O) groups excluding carboxylic acids is 2. The summed E-state index contributed by atoms with van der Waals surface area (Å²) in [6.07, 6.45) is 6.83. The van der Waals surface area contributed by atoms with Crippen LogP contribution in [-0.2, 0) is 11.3 Å². The van der Waals surface area contributed by atoms with E-state index in [1.165, 1.54) is 0 Å². The van der Waals surface area contributed by atoms with Crippen LogP contribution in [0.5, 0.6) is 0 Å². The largest absolute Gasteiger partial charge is 0.388 e. The molecule has 0 spiro atoms. The molecule has 2 amide bonds. The van der Waals surface area contributed by atoms with Crippen molar-refractivity contribution in [2.75, 3.05) is 6.54 Å². The number of nitrogens with one attached hydrogen (secondary N) is 2. The summed E-state index contributed by atoms with van der Waals surface area (Å²) in [5, 5.41) is 15.8. The molecule has 0 aliphatic heterocycles. The van der Waals surface area contributed by atoms with Crippen LogP contribution in [0, 0.1) is 5.92 Å². The highest BCUT2D eigenvalue weighted by molar-refractivity contribution is 5.94. The van der Waals surface area contributed by atoms with Gasteiger partial charge < -0.3 is 15.7 Å². The zero-order valence-electron chi connectivity index (χ0n) is 14.0. The van der Waals surface area contributed by atoms with E-state index in [0.29, 0.717) is 18.7 Å². The number of hydrogen-bond acceptors (Lipinski definition) is 3. The van der Waals surface area contributed by atoms with Crippen molar-refractivity contribution in [1.29, 1.82) is 0 Å². The lowest BCUT2D eigenvalue weighted by Crippen LogP contribution is -2.47. The van der Waals surface area contributed by atoms with Crippen molar-refractivity contribution < 1.29 is 14.7 Å². The first-order chi connectivity index (χ1) is 11.6. The van der Waals surface area contributed by atoms with Gasteiger partial charge in [0.15, 0.2) is 0 Å². The summed E-state index contributed by atoms with van der Waals surface area (Å²) >= 11 is 0. The maximum atomic E-state index is 12.1. The maximum absolute atomic E-state index is 12.1. The van der Waals surface area contributed by atoms with E-state index in [4.69, 9.17) is 0 Å². The molecule has 3 rings (SSSR count). The van der Waals surface area contributed by atoms with Gasteiger partial charge in [-0.3, -0.25) is 9.59 Å². The van der Waals surface area contributed by atoms with Crippen LogP contribution < -0.4 is 10.6 Å². The quantitative estimate of drug-likeness (QED) is 0.748. The highest BCUT2D eigenvalue weighted by Crippen LogP contribution is 2.30. The second-order valence-electron chi connectivity index (χ2n) is 7.16. The molecular weight excluding hydrogens is 304 g/mol. The van der Waals surface area contributed by atoms with Gasteiger partial charge in [0.2, 0.25) is 5.91 Å². The highest BCUT2D eigenvalue weighted by Gasteiger charge is 2.34. The lowest BCUT2D eigenvalue weighted by Gasteiger charge is -2.36. The van der Waals surface area contributed by atoms with Crippen molar-refractivity contribution in [3.8, 4) is 0 Å². The van der Waals surface area contributed by atoms with Gasteiger partial charge in [-0.05, 0) is 49.8 Å². The molecular formula is C19H26N2O3. The predicted octanol–water partition coefficient (Wildman–Crippen LogP) is 2.14. The Bertz CT molecular complexity index is 587. The third kappa shape index (κ3) is 4.15. The molecule has 5 nitrogen and oxygen atoms in total.